The standard InChI is InChI=1S/C24H27N3O4S/c1-5-24(4)12-19-16(13-31-24)11-18-21(25-19)26-23(32-14-20(28)30-6-2)27(22(18)29)17-9-7-15(3)8-10-17/h7-11H,5-6,12-14H2,1-4H3/t24-/m0/s1. The quantitative estimate of drug-likeness (QED) is 0.317. The maximum atomic E-state index is 13.6. The van der Waals surface area contributed by atoms with Crippen molar-refractivity contribution in [1.82, 2.24) is 14.5 Å². The van der Waals surface area contributed by atoms with E-state index < -0.39 is 0 Å². The molecular weight excluding hydrogens is 426 g/mol. The molecule has 168 valence electrons. The zero-order chi connectivity index (χ0) is 22.9. The van der Waals surface area contributed by atoms with Gasteiger partial charge < -0.3 is 9.47 Å². The van der Waals surface area contributed by atoms with Crippen LogP contribution < -0.4 is 5.56 Å². The zero-order valence-electron chi connectivity index (χ0n) is 18.8. The molecule has 0 aliphatic carbocycles. The molecule has 0 N–H and O–H groups in total. The summed E-state index contributed by atoms with van der Waals surface area (Å²) in [6, 6.07) is 9.49. The van der Waals surface area contributed by atoms with Gasteiger partial charge in [-0.1, -0.05) is 36.4 Å². The lowest BCUT2D eigenvalue weighted by atomic mass is 9.91. The highest BCUT2D eigenvalue weighted by Crippen LogP contribution is 2.31. The molecule has 0 radical (unpaired) electrons. The normalized spacial score (nSPS) is 17.9. The van der Waals surface area contributed by atoms with E-state index >= 15 is 0 Å². The van der Waals surface area contributed by atoms with Gasteiger partial charge in [-0.25, -0.2) is 9.97 Å². The number of thioether (sulfide) groups is 1. The number of aryl methyl sites for hydroxylation is 1. The van der Waals surface area contributed by atoms with Gasteiger partial charge in [-0.2, -0.15) is 0 Å². The average Bonchev–Trinajstić information content (AvgIpc) is 2.78. The molecule has 3 heterocycles. The van der Waals surface area contributed by atoms with Crippen molar-refractivity contribution in [3.63, 3.8) is 0 Å². The zero-order valence-corrected chi connectivity index (χ0v) is 19.6. The van der Waals surface area contributed by atoms with Gasteiger partial charge in [0.05, 0.1) is 41.3 Å². The Morgan fingerprint density at radius 2 is 2.00 bits per heavy atom. The molecule has 0 bridgehead atoms. The first kappa shape index (κ1) is 22.5. The minimum atomic E-state index is -0.350. The van der Waals surface area contributed by atoms with Gasteiger partial charge in [0.25, 0.3) is 5.56 Å². The maximum absolute atomic E-state index is 13.6. The summed E-state index contributed by atoms with van der Waals surface area (Å²) in [7, 11) is 0. The number of hydrogen-bond acceptors (Lipinski definition) is 7. The highest BCUT2D eigenvalue weighted by Gasteiger charge is 2.31. The molecule has 1 aromatic carbocycles. The lowest BCUT2D eigenvalue weighted by molar-refractivity contribution is -0.139. The number of pyridine rings is 1. The van der Waals surface area contributed by atoms with Gasteiger partial charge >= 0.3 is 5.97 Å². The topological polar surface area (TPSA) is 83.3 Å². The number of nitrogens with zero attached hydrogens (tertiary/aromatic N) is 3. The van der Waals surface area contributed by atoms with Crippen molar-refractivity contribution in [3.05, 3.63) is 57.5 Å². The second-order valence-corrected chi connectivity index (χ2v) is 9.14. The van der Waals surface area contributed by atoms with E-state index in [0.717, 1.165) is 23.2 Å². The Hall–Kier alpha value is -2.71. The van der Waals surface area contributed by atoms with Crippen LogP contribution in [0.3, 0.4) is 0 Å². The minimum absolute atomic E-state index is 0.0599. The average molecular weight is 454 g/mol. The van der Waals surface area contributed by atoms with Crippen LogP contribution in [0.2, 0.25) is 0 Å². The lowest BCUT2D eigenvalue weighted by Gasteiger charge is -2.33. The molecule has 1 aliphatic rings. The fourth-order valence-electron chi connectivity index (χ4n) is 3.68. The van der Waals surface area contributed by atoms with Crippen LogP contribution in [0.1, 0.15) is 44.0 Å². The minimum Gasteiger partial charge on any atom is -0.465 e. The predicted molar refractivity (Wildman–Crippen MR) is 124 cm³/mol. The molecule has 3 aromatic rings. The van der Waals surface area contributed by atoms with Crippen LogP contribution in [0.4, 0.5) is 0 Å². The van der Waals surface area contributed by atoms with Crippen molar-refractivity contribution in [2.75, 3.05) is 12.4 Å². The van der Waals surface area contributed by atoms with Crippen LogP contribution in [0.5, 0.6) is 0 Å². The molecule has 1 aliphatic heterocycles. The Morgan fingerprint density at radius 1 is 1.25 bits per heavy atom. The van der Waals surface area contributed by atoms with E-state index in [1.165, 1.54) is 11.8 Å². The van der Waals surface area contributed by atoms with Crippen LogP contribution in [-0.2, 0) is 27.3 Å². The summed E-state index contributed by atoms with van der Waals surface area (Å²) >= 11 is 1.18. The monoisotopic (exact) mass is 453 g/mol. The number of esters is 1. The second kappa shape index (κ2) is 9.03. The molecule has 2 aromatic heterocycles. The van der Waals surface area contributed by atoms with Crippen LogP contribution in [0.25, 0.3) is 16.7 Å². The van der Waals surface area contributed by atoms with Crippen molar-refractivity contribution < 1.29 is 14.3 Å². The second-order valence-electron chi connectivity index (χ2n) is 8.20. The summed E-state index contributed by atoms with van der Waals surface area (Å²) in [6.45, 7) is 8.65. The molecule has 32 heavy (non-hydrogen) atoms. The molecule has 0 saturated carbocycles. The third-order valence-corrected chi connectivity index (χ3v) is 6.69. The maximum Gasteiger partial charge on any atom is 0.316 e. The molecule has 1 atom stereocenters. The van der Waals surface area contributed by atoms with Crippen molar-refractivity contribution in [3.8, 4) is 5.69 Å². The Morgan fingerprint density at radius 3 is 2.69 bits per heavy atom. The van der Waals surface area contributed by atoms with Crippen molar-refractivity contribution >= 4 is 28.8 Å². The SMILES string of the molecule is CCOC(=O)CSc1nc2nc3c(cc2c(=O)n1-c1ccc(C)cc1)CO[C@@](C)(CC)C3. The van der Waals surface area contributed by atoms with E-state index in [9.17, 15) is 9.59 Å². The third-order valence-electron chi connectivity index (χ3n) is 5.78. The molecule has 0 amide bonds. The molecule has 0 fully saturated rings. The van der Waals surface area contributed by atoms with Gasteiger partial charge in [0.2, 0.25) is 0 Å². The first-order valence-electron chi connectivity index (χ1n) is 10.8. The summed E-state index contributed by atoms with van der Waals surface area (Å²) in [6.07, 6.45) is 1.54. The van der Waals surface area contributed by atoms with E-state index in [2.05, 4.69) is 13.8 Å². The first-order valence-corrected chi connectivity index (χ1v) is 11.8. The Balaban J connectivity index is 1.86. The molecule has 0 spiro atoms. The third kappa shape index (κ3) is 4.42. The molecule has 7 nitrogen and oxygen atoms in total. The predicted octanol–water partition coefficient (Wildman–Crippen LogP) is 3.99. The van der Waals surface area contributed by atoms with Crippen molar-refractivity contribution in [2.45, 2.75) is 57.9 Å². The van der Waals surface area contributed by atoms with Gasteiger partial charge in [0.1, 0.15) is 0 Å². The molecule has 8 heteroatoms. The number of rotatable bonds is 6. The lowest BCUT2D eigenvalue weighted by Crippen LogP contribution is -2.35. The number of aromatic nitrogens is 3. The van der Waals surface area contributed by atoms with E-state index in [1.54, 1.807) is 11.5 Å². The number of fused-ring (bicyclic) bond motifs is 2. The van der Waals surface area contributed by atoms with Gasteiger partial charge in [0.15, 0.2) is 10.8 Å². The van der Waals surface area contributed by atoms with E-state index in [-0.39, 0.29) is 22.9 Å². The highest BCUT2D eigenvalue weighted by molar-refractivity contribution is 7.99. The van der Waals surface area contributed by atoms with Gasteiger partial charge in [-0.05, 0) is 45.4 Å². The Kier molecular flexibility index (Phi) is 6.35. The number of carbonyl (C=O) groups excluding carboxylic acids is 1. The molecular formula is C24H27N3O4S. The number of hydrogen-bond donors (Lipinski definition) is 0. The van der Waals surface area contributed by atoms with E-state index in [0.29, 0.717) is 41.5 Å². The van der Waals surface area contributed by atoms with Crippen LogP contribution in [0.15, 0.2) is 40.3 Å². The fourth-order valence-corrected chi connectivity index (χ4v) is 4.48. The summed E-state index contributed by atoms with van der Waals surface area (Å²) in [4.78, 5) is 35.0. The first-order chi connectivity index (χ1) is 15.3. The van der Waals surface area contributed by atoms with Crippen molar-refractivity contribution in [2.24, 2.45) is 0 Å². The van der Waals surface area contributed by atoms with Crippen LogP contribution in [0, 0.1) is 6.92 Å². The Labute approximate surface area is 191 Å². The number of ether oxygens (including phenoxy) is 2. The van der Waals surface area contributed by atoms with E-state index in [1.807, 2.05) is 37.3 Å². The van der Waals surface area contributed by atoms with Gasteiger partial charge in [-0.15, -0.1) is 0 Å². The fraction of sp³-hybridized carbons (Fsp3) is 0.417. The Bertz CT molecular complexity index is 1220. The molecule has 0 unspecified atom stereocenters. The summed E-state index contributed by atoms with van der Waals surface area (Å²) in [5, 5.41) is 0.852. The van der Waals surface area contributed by atoms with Gasteiger partial charge in [0, 0.05) is 12.0 Å². The molecule has 4 rings (SSSR count). The summed E-state index contributed by atoms with van der Waals surface area (Å²) < 4.78 is 12.6. The summed E-state index contributed by atoms with van der Waals surface area (Å²) in [5.41, 5.74) is 3.51. The smallest absolute Gasteiger partial charge is 0.316 e. The highest BCUT2D eigenvalue weighted by atomic mass is 32.2. The van der Waals surface area contributed by atoms with Gasteiger partial charge in [-0.3, -0.25) is 14.2 Å². The summed E-state index contributed by atoms with van der Waals surface area (Å²) in [5.74, 6) is -0.291. The molecule has 0 saturated heterocycles. The number of carbonyl (C=O) groups is 1. The van der Waals surface area contributed by atoms with Crippen LogP contribution in [-0.4, -0.2) is 38.5 Å². The van der Waals surface area contributed by atoms with E-state index in [4.69, 9.17) is 19.4 Å². The van der Waals surface area contributed by atoms with Crippen LogP contribution >= 0.6 is 11.8 Å². The largest absolute Gasteiger partial charge is 0.465 e. The van der Waals surface area contributed by atoms with Crippen molar-refractivity contribution in [1.29, 1.82) is 0 Å². The number of benzene rings is 1.